The van der Waals surface area contributed by atoms with Crippen molar-refractivity contribution >= 4 is 5.82 Å². The molecule has 0 aromatic carbocycles. The van der Waals surface area contributed by atoms with E-state index in [1.54, 1.807) is 0 Å². The Morgan fingerprint density at radius 1 is 1.24 bits per heavy atom. The SMILES string of the molecule is CCNc1cc(C(C)(C)C)nc(-c2cnn(C(C)C)c2)n1. The summed E-state index contributed by atoms with van der Waals surface area (Å²) in [5, 5.41) is 7.66. The minimum atomic E-state index is -0.0180. The van der Waals surface area contributed by atoms with Gasteiger partial charge in [0.2, 0.25) is 0 Å². The van der Waals surface area contributed by atoms with Crippen LogP contribution in [0.5, 0.6) is 0 Å². The second-order valence-corrected chi connectivity index (χ2v) is 6.55. The summed E-state index contributed by atoms with van der Waals surface area (Å²) in [5.74, 6) is 1.59. The van der Waals surface area contributed by atoms with Gasteiger partial charge in [-0.25, -0.2) is 9.97 Å². The van der Waals surface area contributed by atoms with Gasteiger partial charge in [0, 0.05) is 30.3 Å². The Balaban J connectivity index is 2.48. The lowest BCUT2D eigenvalue weighted by atomic mass is 9.92. The summed E-state index contributed by atoms with van der Waals surface area (Å²) in [6.45, 7) is 13.6. The van der Waals surface area contributed by atoms with Crippen LogP contribution in [0.3, 0.4) is 0 Å². The van der Waals surface area contributed by atoms with Crippen molar-refractivity contribution in [3.8, 4) is 11.4 Å². The molecule has 0 saturated carbocycles. The molecule has 0 aliphatic carbocycles. The number of hydrogen-bond acceptors (Lipinski definition) is 4. The van der Waals surface area contributed by atoms with Gasteiger partial charge >= 0.3 is 0 Å². The van der Waals surface area contributed by atoms with E-state index in [0.29, 0.717) is 6.04 Å². The van der Waals surface area contributed by atoms with Gasteiger partial charge in [-0.3, -0.25) is 4.68 Å². The fourth-order valence-electron chi connectivity index (χ4n) is 1.97. The summed E-state index contributed by atoms with van der Waals surface area (Å²) in [6, 6.07) is 2.36. The molecule has 5 heteroatoms. The molecule has 0 unspecified atom stereocenters. The van der Waals surface area contributed by atoms with Gasteiger partial charge in [0.15, 0.2) is 5.82 Å². The second kappa shape index (κ2) is 5.84. The first-order chi connectivity index (χ1) is 9.81. The van der Waals surface area contributed by atoms with Crippen LogP contribution in [-0.4, -0.2) is 26.3 Å². The van der Waals surface area contributed by atoms with E-state index in [2.05, 4.69) is 56.9 Å². The number of anilines is 1. The first-order valence-corrected chi connectivity index (χ1v) is 7.49. The standard InChI is InChI=1S/C16H25N5/c1-7-17-14-8-13(16(4,5)6)19-15(20-14)12-9-18-21(10-12)11(2)3/h8-11H,7H2,1-6H3,(H,17,19,20). The largest absolute Gasteiger partial charge is 0.370 e. The Bertz CT molecular complexity index is 607. The maximum absolute atomic E-state index is 4.73. The van der Waals surface area contributed by atoms with Crippen molar-refractivity contribution in [1.29, 1.82) is 0 Å². The minimum absolute atomic E-state index is 0.0180. The van der Waals surface area contributed by atoms with Gasteiger partial charge in [0.05, 0.1) is 17.5 Å². The molecular weight excluding hydrogens is 262 g/mol. The number of nitrogens with one attached hydrogen (secondary N) is 1. The molecule has 2 aromatic heterocycles. The summed E-state index contributed by atoms with van der Waals surface area (Å²) in [7, 11) is 0. The van der Waals surface area contributed by atoms with Crippen molar-refractivity contribution in [2.45, 2.75) is 53.0 Å². The average Bonchev–Trinajstić information content (AvgIpc) is 2.87. The second-order valence-electron chi connectivity index (χ2n) is 6.55. The van der Waals surface area contributed by atoms with Gasteiger partial charge in [-0.05, 0) is 20.8 Å². The molecule has 0 fully saturated rings. The lowest BCUT2D eigenvalue weighted by Crippen LogP contribution is -2.15. The molecule has 0 aliphatic rings. The smallest absolute Gasteiger partial charge is 0.164 e. The molecule has 2 heterocycles. The molecule has 0 bridgehead atoms. The van der Waals surface area contributed by atoms with Gasteiger partial charge in [-0.2, -0.15) is 5.10 Å². The number of aromatic nitrogens is 4. The maximum Gasteiger partial charge on any atom is 0.164 e. The highest BCUT2D eigenvalue weighted by Crippen LogP contribution is 2.26. The van der Waals surface area contributed by atoms with E-state index in [4.69, 9.17) is 4.98 Å². The molecule has 1 N–H and O–H groups in total. The predicted octanol–water partition coefficient (Wildman–Crippen LogP) is 3.65. The van der Waals surface area contributed by atoms with Crippen molar-refractivity contribution < 1.29 is 0 Å². The van der Waals surface area contributed by atoms with E-state index in [-0.39, 0.29) is 5.41 Å². The van der Waals surface area contributed by atoms with Gasteiger partial charge < -0.3 is 5.32 Å². The van der Waals surface area contributed by atoms with Crippen LogP contribution in [0.1, 0.15) is 53.3 Å². The molecule has 21 heavy (non-hydrogen) atoms. The van der Waals surface area contributed by atoms with Gasteiger partial charge in [-0.15, -0.1) is 0 Å². The van der Waals surface area contributed by atoms with Gasteiger partial charge in [-0.1, -0.05) is 20.8 Å². The molecule has 0 spiro atoms. The van der Waals surface area contributed by atoms with Crippen molar-refractivity contribution in [3.05, 3.63) is 24.2 Å². The quantitative estimate of drug-likeness (QED) is 0.932. The topological polar surface area (TPSA) is 55.6 Å². The summed E-state index contributed by atoms with van der Waals surface area (Å²) in [4.78, 5) is 9.33. The molecule has 0 saturated heterocycles. The normalized spacial score (nSPS) is 12.0. The zero-order valence-electron chi connectivity index (χ0n) is 13.8. The highest BCUT2D eigenvalue weighted by atomic mass is 15.3. The Labute approximate surface area is 126 Å². The van der Waals surface area contributed by atoms with E-state index in [0.717, 1.165) is 29.4 Å². The van der Waals surface area contributed by atoms with E-state index in [1.807, 2.05) is 23.1 Å². The summed E-state index contributed by atoms with van der Waals surface area (Å²) in [5.41, 5.74) is 1.96. The molecule has 0 atom stereocenters. The van der Waals surface area contributed by atoms with Gasteiger partial charge in [0.1, 0.15) is 5.82 Å². The highest BCUT2D eigenvalue weighted by Gasteiger charge is 2.19. The lowest BCUT2D eigenvalue weighted by Gasteiger charge is -2.19. The van der Waals surface area contributed by atoms with Crippen LogP contribution in [0.2, 0.25) is 0 Å². The molecule has 114 valence electrons. The first kappa shape index (κ1) is 15.5. The van der Waals surface area contributed by atoms with E-state index in [9.17, 15) is 0 Å². The van der Waals surface area contributed by atoms with E-state index >= 15 is 0 Å². The van der Waals surface area contributed by atoms with Crippen LogP contribution >= 0.6 is 0 Å². The molecule has 5 nitrogen and oxygen atoms in total. The van der Waals surface area contributed by atoms with Crippen LogP contribution in [-0.2, 0) is 5.41 Å². The van der Waals surface area contributed by atoms with Crippen LogP contribution in [0.4, 0.5) is 5.82 Å². The highest BCUT2D eigenvalue weighted by molar-refractivity contribution is 5.56. The van der Waals surface area contributed by atoms with Crippen molar-refractivity contribution in [2.75, 3.05) is 11.9 Å². The summed E-state index contributed by atoms with van der Waals surface area (Å²) in [6.07, 6.45) is 3.83. The Kier molecular flexibility index (Phi) is 4.30. The number of rotatable bonds is 4. The molecule has 2 aromatic rings. The molecule has 0 amide bonds. The molecule has 0 radical (unpaired) electrons. The number of hydrogen-bond donors (Lipinski definition) is 1. The Morgan fingerprint density at radius 3 is 2.48 bits per heavy atom. The number of nitrogens with zero attached hydrogens (tertiary/aromatic N) is 4. The zero-order valence-corrected chi connectivity index (χ0v) is 13.8. The lowest BCUT2D eigenvalue weighted by molar-refractivity contribution is 0.532. The summed E-state index contributed by atoms with van der Waals surface area (Å²) >= 11 is 0. The van der Waals surface area contributed by atoms with Crippen molar-refractivity contribution in [3.63, 3.8) is 0 Å². The Hall–Kier alpha value is -1.91. The first-order valence-electron chi connectivity index (χ1n) is 7.49. The predicted molar refractivity (Wildman–Crippen MR) is 86.5 cm³/mol. The molecular formula is C16H25N5. The fraction of sp³-hybridized carbons (Fsp3) is 0.562. The average molecular weight is 287 g/mol. The van der Waals surface area contributed by atoms with Crippen molar-refractivity contribution in [1.82, 2.24) is 19.7 Å². The maximum atomic E-state index is 4.73. The van der Waals surface area contributed by atoms with Crippen LogP contribution < -0.4 is 5.32 Å². The minimum Gasteiger partial charge on any atom is -0.370 e. The van der Waals surface area contributed by atoms with Crippen LogP contribution in [0.15, 0.2) is 18.5 Å². The van der Waals surface area contributed by atoms with E-state index in [1.165, 1.54) is 0 Å². The molecule has 2 rings (SSSR count). The van der Waals surface area contributed by atoms with Crippen LogP contribution in [0.25, 0.3) is 11.4 Å². The van der Waals surface area contributed by atoms with Gasteiger partial charge in [0.25, 0.3) is 0 Å². The van der Waals surface area contributed by atoms with E-state index < -0.39 is 0 Å². The fourth-order valence-corrected chi connectivity index (χ4v) is 1.97. The summed E-state index contributed by atoms with van der Waals surface area (Å²) < 4.78 is 1.93. The van der Waals surface area contributed by atoms with Crippen molar-refractivity contribution in [2.24, 2.45) is 0 Å². The monoisotopic (exact) mass is 287 g/mol. The molecule has 0 aliphatic heterocycles. The third-order valence-corrected chi connectivity index (χ3v) is 3.24. The van der Waals surface area contributed by atoms with Crippen LogP contribution in [0, 0.1) is 0 Å². The third-order valence-electron chi connectivity index (χ3n) is 3.24. The zero-order chi connectivity index (χ0) is 15.6. The third kappa shape index (κ3) is 3.60. The Morgan fingerprint density at radius 2 is 1.95 bits per heavy atom.